The van der Waals surface area contributed by atoms with E-state index < -0.39 is 11.2 Å². The van der Waals surface area contributed by atoms with Crippen LogP contribution in [0.5, 0.6) is 0 Å². The molecule has 0 radical (unpaired) electrons. The summed E-state index contributed by atoms with van der Waals surface area (Å²) >= 11 is 0. The van der Waals surface area contributed by atoms with Gasteiger partial charge in [-0.15, -0.1) is 0 Å². The number of hydrogen-bond acceptors (Lipinski definition) is 5. The highest BCUT2D eigenvalue weighted by atomic mass is 16.6. The number of carbonyl (C=O) groups is 2. The van der Waals surface area contributed by atoms with Crippen molar-refractivity contribution in [2.24, 2.45) is 0 Å². The third-order valence-electron chi connectivity index (χ3n) is 6.06. The van der Waals surface area contributed by atoms with Gasteiger partial charge in [-0.1, -0.05) is 25.3 Å². The van der Waals surface area contributed by atoms with Gasteiger partial charge in [-0.2, -0.15) is 0 Å². The number of rotatable bonds is 3. The van der Waals surface area contributed by atoms with Crippen molar-refractivity contribution < 1.29 is 19.1 Å². The summed E-state index contributed by atoms with van der Waals surface area (Å²) in [6, 6.07) is 3.92. The van der Waals surface area contributed by atoms with E-state index in [4.69, 9.17) is 14.5 Å². The zero-order valence-corrected chi connectivity index (χ0v) is 21.2. The van der Waals surface area contributed by atoms with Crippen molar-refractivity contribution in [3.63, 3.8) is 0 Å². The molecule has 1 aromatic rings. The van der Waals surface area contributed by atoms with Crippen molar-refractivity contribution in [1.82, 2.24) is 9.88 Å². The second kappa shape index (κ2) is 10.3. The maximum Gasteiger partial charge on any atom is 0.416 e. The Balaban J connectivity index is 1.82. The molecule has 1 saturated heterocycles. The van der Waals surface area contributed by atoms with E-state index in [-0.39, 0.29) is 24.3 Å². The predicted octanol–water partition coefficient (Wildman–Crippen LogP) is 6.62. The zero-order valence-electron chi connectivity index (χ0n) is 21.2. The van der Waals surface area contributed by atoms with E-state index in [2.05, 4.69) is 0 Å². The molecule has 1 aliphatic carbocycles. The first kappa shape index (κ1) is 25.3. The number of piperidine rings is 1. The van der Waals surface area contributed by atoms with Crippen LogP contribution in [0.25, 0.3) is 0 Å². The molecule has 184 valence electrons. The van der Waals surface area contributed by atoms with Crippen LogP contribution in [-0.4, -0.2) is 45.9 Å². The van der Waals surface area contributed by atoms with Crippen molar-refractivity contribution in [3.05, 3.63) is 23.9 Å². The molecular weight excluding hydrogens is 418 g/mol. The van der Waals surface area contributed by atoms with E-state index in [0.717, 1.165) is 50.5 Å². The van der Waals surface area contributed by atoms with Gasteiger partial charge in [-0.05, 0) is 85.3 Å². The summed E-state index contributed by atoms with van der Waals surface area (Å²) in [7, 11) is 0. The molecule has 0 bridgehead atoms. The molecule has 0 aromatic carbocycles. The van der Waals surface area contributed by atoms with Crippen LogP contribution < -0.4 is 4.90 Å². The van der Waals surface area contributed by atoms with Crippen LogP contribution in [-0.2, 0) is 9.47 Å². The van der Waals surface area contributed by atoms with Crippen molar-refractivity contribution in [2.75, 3.05) is 11.4 Å². The minimum absolute atomic E-state index is 0.0696. The fourth-order valence-corrected chi connectivity index (χ4v) is 4.63. The number of nitrogens with zero attached hydrogens (tertiary/aromatic N) is 3. The van der Waals surface area contributed by atoms with Crippen molar-refractivity contribution in [2.45, 2.75) is 116 Å². The second-order valence-electron chi connectivity index (χ2n) is 11.3. The fourth-order valence-electron chi connectivity index (χ4n) is 4.63. The molecule has 7 heteroatoms. The second-order valence-corrected chi connectivity index (χ2v) is 11.3. The van der Waals surface area contributed by atoms with Gasteiger partial charge in [0.05, 0.1) is 6.04 Å². The lowest BCUT2D eigenvalue weighted by Gasteiger charge is -2.37. The first-order chi connectivity index (χ1) is 15.4. The molecule has 1 unspecified atom stereocenters. The lowest BCUT2D eigenvalue weighted by molar-refractivity contribution is 0.00947. The Labute approximate surface area is 198 Å². The molecule has 1 saturated carbocycles. The molecule has 7 nitrogen and oxygen atoms in total. The first-order valence-corrected chi connectivity index (χ1v) is 12.4. The smallest absolute Gasteiger partial charge is 0.416 e. The molecule has 2 heterocycles. The number of pyridine rings is 1. The number of amides is 2. The quantitative estimate of drug-likeness (QED) is 0.508. The summed E-state index contributed by atoms with van der Waals surface area (Å²) in [5.74, 6) is 0.611. The van der Waals surface area contributed by atoms with Gasteiger partial charge in [0, 0.05) is 18.8 Å². The third-order valence-corrected chi connectivity index (χ3v) is 6.06. The van der Waals surface area contributed by atoms with Crippen LogP contribution in [0.3, 0.4) is 0 Å². The van der Waals surface area contributed by atoms with Gasteiger partial charge >= 0.3 is 12.2 Å². The topological polar surface area (TPSA) is 72.0 Å². The zero-order chi connectivity index (χ0) is 24.2. The summed E-state index contributed by atoms with van der Waals surface area (Å²) < 4.78 is 11.4. The monoisotopic (exact) mass is 459 g/mol. The van der Waals surface area contributed by atoms with Gasteiger partial charge in [0.15, 0.2) is 0 Å². The number of anilines is 1. The van der Waals surface area contributed by atoms with Crippen LogP contribution in [0, 0.1) is 0 Å². The number of carbonyl (C=O) groups excluding carboxylic acids is 2. The third kappa shape index (κ3) is 7.08. The molecule has 33 heavy (non-hydrogen) atoms. The Morgan fingerprint density at radius 1 is 0.909 bits per heavy atom. The SMILES string of the molecule is CC(C)(C)OC(=O)N1CCCCC1c1ccc(N(C(=O)OC(C)(C)C)C2CCCCC2)nc1. The Morgan fingerprint density at radius 2 is 1.55 bits per heavy atom. The molecule has 0 spiro atoms. The summed E-state index contributed by atoms with van der Waals surface area (Å²) in [4.78, 5) is 34.2. The normalized spacial score (nSPS) is 20.3. The molecule has 2 fully saturated rings. The molecule has 1 aliphatic heterocycles. The summed E-state index contributed by atoms with van der Waals surface area (Å²) in [5.41, 5.74) is -0.133. The lowest BCUT2D eigenvalue weighted by atomic mass is 9.94. The number of hydrogen-bond donors (Lipinski definition) is 0. The van der Waals surface area contributed by atoms with Crippen LogP contribution >= 0.6 is 0 Å². The van der Waals surface area contributed by atoms with Crippen LogP contribution in [0.4, 0.5) is 15.4 Å². The molecule has 1 aromatic heterocycles. The first-order valence-electron chi connectivity index (χ1n) is 12.4. The van der Waals surface area contributed by atoms with Crippen molar-refractivity contribution in [1.29, 1.82) is 0 Å². The highest BCUT2D eigenvalue weighted by Gasteiger charge is 2.34. The van der Waals surface area contributed by atoms with Gasteiger partial charge in [0.25, 0.3) is 0 Å². The average Bonchev–Trinajstić information content (AvgIpc) is 2.73. The summed E-state index contributed by atoms with van der Waals surface area (Å²) in [5, 5.41) is 0. The number of ether oxygens (including phenoxy) is 2. The van der Waals surface area contributed by atoms with Crippen LogP contribution in [0.2, 0.25) is 0 Å². The van der Waals surface area contributed by atoms with Crippen molar-refractivity contribution >= 4 is 18.0 Å². The molecule has 2 amide bonds. The van der Waals surface area contributed by atoms with Gasteiger partial charge in [-0.3, -0.25) is 4.90 Å². The van der Waals surface area contributed by atoms with E-state index in [0.29, 0.717) is 12.4 Å². The Bertz CT molecular complexity index is 804. The van der Waals surface area contributed by atoms with Crippen molar-refractivity contribution in [3.8, 4) is 0 Å². The van der Waals surface area contributed by atoms with E-state index in [1.807, 2.05) is 64.8 Å². The van der Waals surface area contributed by atoms with E-state index in [9.17, 15) is 9.59 Å². The van der Waals surface area contributed by atoms with E-state index in [1.165, 1.54) is 6.42 Å². The number of aromatic nitrogens is 1. The minimum Gasteiger partial charge on any atom is -0.444 e. The molecule has 0 N–H and O–H groups in total. The van der Waals surface area contributed by atoms with Gasteiger partial charge in [0.1, 0.15) is 17.0 Å². The lowest BCUT2D eigenvalue weighted by Crippen LogP contribution is -2.45. The standard InChI is InChI=1S/C26H41N3O4/c1-25(2,3)32-23(30)28-17-11-10-14-21(28)19-15-16-22(27-18-19)29(20-12-8-7-9-13-20)24(31)33-26(4,5)6/h15-16,18,20-21H,7-14,17H2,1-6H3. The largest absolute Gasteiger partial charge is 0.444 e. The molecule has 3 rings (SSSR count). The fraction of sp³-hybridized carbons (Fsp3) is 0.731. The summed E-state index contributed by atoms with van der Waals surface area (Å²) in [6.07, 6.45) is 9.40. The van der Waals surface area contributed by atoms with Crippen LogP contribution in [0.15, 0.2) is 18.3 Å². The van der Waals surface area contributed by atoms with Crippen LogP contribution in [0.1, 0.15) is 105 Å². The van der Waals surface area contributed by atoms with E-state index >= 15 is 0 Å². The highest BCUT2D eigenvalue weighted by Crippen LogP contribution is 2.34. The Morgan fingerprint density at radius 3 is 2.12 bits per heavy atom. The predicted molar refractivity (Wildman–Crippen MR) is 129 cm³/mol. The summed E-state index contributed by atoms with van der Waals surface area (Å²) in [6.45, 7) is 12.0. The molecule has 1 atom stereocenters. The maximum atomic E-state index is 13.1. The van der Waals surface area contributed by atoms with Gasteiger partial charge in [0.2, 0.25) is 0 Å². The van der Waals surface area contributed by atoms with Gasteiger partial charge < -0.3 is 14.4 Å². The maximum absolute atomic E-state index is 13.1. The minimum atomic E-state index is -0.569. The van der Waals surface area contributed by atoms with E-state index in [1.54, 1.807) is 4.90 Å². The highest BCUT2D eigenvalue weighted by molar-refractivity contribution is 5.87. The van der Waals surface area contributed by atoms with Gasteiger partial charge in [-0.25, -0.2) is 14.6 Å². The molecular formula is C26H41N3O4. The average molecular weight is 460 g/mol. The number of likely N-dealkylation sites (tertiary alicyclic amines) is 1. The Hall–Kier alpha value is -2.31. The Kier molecular flexibility index (Phi) is 7.91. The molecule has 2 aliphatic rings.